The summed E-state index contributed by atoms with van der Waals surface area (Å²) in [4.78, 5) is 13.9. The molecule has 0 bridgehead atoms. The molecule has 0 radical (unpaired) electrons. The van der Waals surface area contributed by atoms with Crippen LogP contribution < -0.4 is 10.6 Å². The molecule has 0 saturated carbocycles. The lowest BCUT2D eigenvalue weighted by atomic mass is 10.5. The van der Waals surface area contributed by atoms with Crippen LogP contribution in [0.5, 0.6) is 0 Å². The third-order valence-electron chi connectivity index (χ3n) is 1.78. The van der Waals surface area contributed by atoms with Gasteiger partial charge in [0.15, 0.2) is 5.82 Å². The molecule has 17 heavy (non-hydrogen) atoms. The van der Waals surface area contributed by atoms with Gasteiger partial charge >= 0.3 is 0 Å². The molecule has 0 unspecified atom stereocenters. The average molecular weight is 274 g/mol. The van der Waals surface area contributed by atoms with Crippen molar-refractivity contribution >= 4 is 23.1 Å². The van der Waals surface area contributed by atoms with Crippen LogP contribution in [0.4, 0.5) is 0 Å². The molecule has 94 valence electrons. The number of hydrogen-bond acceptors (Lipinski definition) is 7. The maximum atomic E-state index is 10.3. The lowest BCUT2D eigenvalue weighted by molar-refractivity contribution is -0.404. The molecule has 0 aromatic carbocycles. The molecule has 0 aliphatic heterocycles. The number of aromatic nitrogens is 1. The molecule has 1 heterocycles. The minimum Gasteiger partial charge on any atom is -0.370 e. The highest BCUT2D eigenvalue weighted by atomic mass is 32.2. The number of rotatable bonds is 8. The molecule has 0 atom stereocenters. The van der Waals surface area contributed by atoms with Gasteiger partial charge in [-0.1, -0.05) is 11.8 Å². The molecule has 2 N–H and O–H groups in total. The van der Waals surface area contributed by atoms with Crippen LogP contribution in [0, 0.1) is 10.1 Å². The topological polar surface area (TPSA) is 80.1 Å². The van der Waals surface area contributed by atoms with E-state index in [1.165, 1.54) is 0 Å². The van der Waals surface area contributed by atoms with E-state index in [9.17, 15) is 10.1 Å². The second-order valence-electron chi connectivity index (χ2n) is 3.00. The Bertz CT molecular complexity index is 367. The van der Waals surface area contributed by atoms with Crippen molar-refractivity contribution in [2.24, 2.45) is 0 Å². The van der Waals surface area contributed by atoms with Crippen molar-refractivity contribution < 1.29 is 4.92 Å². The van der Waals surface area contributed by atoms with Crippen LogP contribution >= 0.6 is 23.1 Å². The number of thiazole rings is 1. The van der Waals surface area contributed by atoms with Crippen LogP contribution in [0.1, 0.15) is 6.42 Å². The fourth-order valence-electron chi connectivity index (χ4n) is 1.04. The number of nitro groups is 1. The fourth-order valence-corrected chi connectivity index (χ4v) is 2.69. The normalized spacial score (nSPS) is 11.2. The molecular weight excluding hydrogens is 260 g/mol. The fraction of sp³-hybridized carbons (Fsp3) is 0.444. The standard InChI is InChI=1S/C9H14N4O2S2/c1-10-8(7-13(14)15)11-3-2-5-16-9-12-4-6-17-9/h4,6-7,10-11H,2-3,5H2,1H3/b8-7-. The van der Waals surface area contributed by atoms with Crippen molar-refractivity contribution in [2.45, 2.75) is 10.8 Å². The maximum Gasteiger partial charge on any atom is 0.274 e. The van der Waals surface area contributed by atoms with E-state index in [0.29, 0.717) is 12.4 Å². The van der Waals surface area contributed by atoms with Gasteiger partial charge in [0.05, 0.1) is 4.92 Å². The van der Waals surface area contributed by atoms with Gasteiger partial charge in [0, 0.05) is 30.9 Å². The summed E-state index contributed by atoms with van der Waals surface area (Å²) < 4.78 is 1.06. The van der Waals surface area contributed by atoms with Gasteiger partial charge in [-0.15, -0.1) is 11.3 Å². The first-order valence-electron chi connectivity index (χ1n) is 5.01. The number of thioether (sulfide) groups is 1. The van der Waals surface area contributed by atoms with Gasteiger partial charge in [0.1, 0.15) is 4.34 Å². The van der Waals surface area contributed by atoms with Gasteiger partial charge in [-0.25, -0.2) is 4.98 Å². The van der Waals surface area contributed by atoms with Crippen molar-refractivity contribution in [3.8, 4) is 0 Å². The summed E-state index contributed by atoms with van der Waals surface area (Å²) in [6.45, 7) is 0.693. The zero-order valence-corrected chi connectivity index (χ0v) is 11.0. The molecule has 0 fully saturated rings. The zero-order chi connectivity index (χ0) is 12.5. The quantitative estimate of drug-likeness (QED) is 0.324. The van der Waals surface area contributed by atoms with Gasteiger partial charge in [-0.2, -0.15) is 0 Å². The molecule has 1 aromatic heterocycles. The average Bonchev–Trinajstić information content (AvgIpc) is 2.79. The first kappa shape index (κ1) is 13.8. The summed E-state index contributed by atoms with van der Waals surface area (Å²) in [5.74, 6) is 1.37. The first-order chi connectivity index (χ1) is 8.22. The second-order valence-corrected chi connectivity index (χ2v) is 5.24. The Labute approximate surface area is 108 Å². The van der Waals surface area contributed by atoms with E-state index in [0.717, 1.165) is 22.7 Å². The molecule has 6 nitrogen and oxygen atoms in total. The summed E-state index contributed by atoms with van der Waals surface area (Å²) >= 11 is 3.31. The van der Waals surface area contributed by atoms with E-state index >= 15 is 0 Å². The maximum absolute atomic E-state index is 10.3. The first-order valence-corrected chi connectivity index (χ1v) is 6.88. The number of nitrogens with one attached hydrogen (secondary N) is 2. The van der Waals surface area contributed by atoms with E-state index in [2.05, 4.69) is 15.6 Å². The molecule has 0 spiro atoms. The minimum absolute atomic E-state index is 0.425. The molecule has 1 aromatic rings. The zero-order valence-electron chi connectivity index (χ0n) is 9.38. The predicted molar refractivity (Wildman–Crippen MR) is 69.6 cm³/mol. The third-order valence-corrected chi connectivity index (χ3v) is 3.83. The Morgan fingerprint density at radius 2 is 2.59 bits per heavy atom. The Balaban J connectivity index is 2.13. The van der Waals surface area contributed by atoms with Crippen molar-refractivity contribution in [1.29, 1.82) is 0 Å². The number of hydrogen-bond donors (Lipinski definition) is 2. The number of nitrogens with zero attached hydrogens (tertiary/aromatic N) is 2. The predicted octanol–water partition coefficient (Wildman–Crippen LogP) is 1.51. The molecule has 0 aliphatic rings. The Hall–Kier alpha value is -1.28. The molecule has 1 rings (SSSR count). The van der Waals surface area contributed by atoms with Crippen LogP contribution in [-0.2, 0) is 0 Å². The van der Waals surface area contributed by atoms with Crippen molar-refractivity contribution in [1.82, 2.24) is 15.6 Å². The van der Waals surface area contributed by atoms with E-state index in [-0.39, 0.29) is 0 Å². The van der Waals surface area contributed by atoms with Gasteiger partial charge in [0.2, 0.25) is 0 Å². The van der Waals surface area contributed by atoms with Crippen molar-refractivity contribution in [3.05, 3.63) is 33.7 Å². The van der Waals surface area contributed by atoms with Crippen LogP contribution in [0.15, 0.2) is 27.9 Å². The summed E-state index contributed by atoms with van der Waals surface area (Å²) in [5, 5.41) is 17.9. The van der Waals surface area contributed by atoms with E-state index < -0.39 is 4.92 Å². The lowest BCUT2D eigenvalue weighted by Crippen LogP contribution is -2.25. The highest BCUT2D eigenvalue weighted by Crippen LogP contribution is 2.20. The second kappa shape index (κ2) is 7.91. The van der Waals surface area contributed by atoms with Gasteiger partial charge in [-0.05, 0) is 6.42 Å². The van der Waals surface area contributed by atoms with Crippen LogP contribution in [-0.4, -0.2) is 29.3 Å². The molecule has 8 heteroatoms. The molecular formula is C9H14N4O2S2. The summed E-state index contributed by atoms with van der Waals surface area (Å²) in [7, 11) is 1.65. The Kier molecular flexibility index (Phi) is 6.41. The highest BCUT2D eigenvalue weighted by Gasteiger charge is 2.00. The third kappa shape index (κ3) is 6.12. The van der Waals surface area contributed by atoms with Crippen LogP contribution in [0.2, 0.25) is 0 Å². The van der Waals surface area contributed by atoms with E-state index in [1.54, 1.807) is 36.3 Å². The summed E-state index contributed by atoms with van der Waals surface area (Å²) in [6.07, 6.45) is 3.62. The minimum atomic E-state index is -0.483. The Morgan fingerprint density at radius 1 is 1.76 bits per heavy atom. The van der Waals surface area contributed by atoms with E-state index in [4.69, 9.17) is 0 Å². The van der Waals surface area contributed by atoms with Gasteiger partial charge < -0.3 is 10.6 Å². The molecule has 0 saturated heterocycles. The van der Waals surface area contributed by atoms with Crippen molar-refractivity contribution in [2.75, 3.05) is 19.3 Å². The Morgan fingerprint density at radius 3 is 3.18 bits per heavy atom. The highest BCUT2D eigenvalue weighted by molar-refractivity contribution is 8.00. The SMILES string of the molecule is CN/C(=C/[N+](=O)[O-])NCCCSc1nccs1. The van der Waals surface area contributed by atoms with Gasteiger partial charge in [-0.3, -0.25) is 10.1 Å². The summed E-state index contributed by atoms with van der Waals surface area (Å²) in [5.41, 5.74) is 0. The largest absolute Gasteiger partial charge is 0.370 e. The monoisotopic (exact) mass is 274 g/mol. The smallest absolute Gasteiger partial charge is 0.274 e. The lowest BCUT2D eigenvalue weighted by Gasteiger charge is -2.06. The van der Waals surface area contributed by atoms with Crippen LogP contribution in [0.3, 0.4) is 0 Å². The molecule has 0 aliphatic carbocycles. The van der Waals surface area contributed by atoms with Gasteiger partial charge in [0.25, 0.3) is 6.20 Å². The molecule has 0 amide bonds. The summed E-state index contributed by atoms with van der Waals surface area (Å²) in [6, 6.07) is 0. The van der Waals surface area contributed by atoms with Crippen molar-refractivity contribution in [3.63, 3.8) is 0 Å². The van der Waals surface area contributed by atoms with E-state index in [1.807, 2.05) is 5.38 Å². The van der Waals surface area contributed by atoms with Crippen LogP contribution in [0.25, 0.3) is 0 Å².